The van der Waals surface area contributed by atoms with E-state index in [1.807, 2.05) is 11.3 Å². The van der Waals surface area contributed by atoms with Crippen LogP contribution < -0.4 is 14.8 Å². The molecule has 0 aliphatic rings. The minimum Gasteiger partial charge on any atom is -0.340 e. The molecule has 0 aliphatic heterocycles. The molecule has 1 heterocycles. The van der Waals surface area contributed by atoms with Gasteiger partial charge >= 0.3 is 5.82 Å². The molecule has 3 nitrogen and oxygen atoms in total. The number of aromatic nitrogens is 1. The molecule has 3 rings (SSSR count). The van der Waals surface area contributed by atoms with Crippen LogP contribution in [0.1, 0.15) is 22.3 Å². The molecule has 0 radical (unpaired) electrons. The van der Waals surface area contributed by atoms with Crippen LogP contribution in [-0.2, 0) is 0 Å². The molecule has 0 spiro atoms. The van der Waals surface area contributed by atoms with E-state index in [4.69, 9.17) is 0 Å². The molecule has 0 saturated carbocycles. The summed E-state index contributed by atoms with van der Waals surface area (Å²) in [5.41, 5.74) is 7.57. The molecule has 1 N–H and O–H groups in total. The lowest BCUT2D eigenvalue weighted by Gasteiger charge is -2.15. The van der Waals surface area contributed by atoms with Gasteiger partial charge < -0.3 is 5.32 Å². The minimum atomic E-state index is 1.17. The Labute approximate surface area is 171 Å². The van der Waals surface area contributed by atoms with Crippen molar-refractivity contribution >= 4 is 39.6 Å². The van der Waals surface area contributed by atoms with Crippen LogP contribution in [0, 0.1) is 27.7 Å². The van der Waals surface area contributed by atoms with E-state index in [1.165, 1.54) is 48.8 Å². The van der Waals surface area contributed by atoms with Crippen molar-refractivity contribution in [2.24, 2.45) is 0 Å². The number of anilines is 3. The summed E-state index contributed by atoms with van der Waals surface area (Å²) in [4.78, 5) is 2.21. The number of para-hydroxylation sites is 2. The number of thioether (sulfide) groups is 1. The van der Waals surface area contributed by atoms with E-state index in [0.29, 0.717) is 0 Å². The normalized spacial score (nSPS) is 10.9. The highest BCUT2D eigenvalue weighted by atomic mass is 32.2. The number of thiazole rings is 1. The van der Waals surface area contributed by atoms with Gasteiger partial charge in [-0.25, -0.2) is 0 Å². The van der Waals surface area contributed by atoms with E-state index in [-0.39, 0.29) is 0 Å². The lowest BCUT2D eigenvalue weighted by molar-refractivity contribution is -0.615. The van der Waals surface area contributed by atoms with Gasteiger partial charge in [0.1, 0.15) is 5.69 Å². The second kappa shape index (κ2) is 7.95. The van der Waals surface area contributed by atoms with Gasteiger partial charge in [0.15, 0.2) is 5.00 Å². The molecule has 1 aromatic heterocycles. The second-order valence-electron chi connectivity index (χ2n) is 7.09. The van der Waals surface area contributed by atoms with Crippen LogP contribution in [0.2, 0.25) is 0 Å². The largest absolute Gasteiger partial charge is 0.340 e. The van der Waals surface area contributed by atoms with Crippen LogP contribution >= 0.6 is 23.1 Å². The summed E-state index contributed by atoms with van der Waals surface area (Å²) in [5.74, 6) is 1.18. The molecule has 0 unspecified atom stereocenters. The van der Waals surface area contributed by atoms with Crippen molar-refractivity contribution in [1.29, 1.82) is 0 Å². The van der Waals surface area contributed by atoms with Gasteiger partial charge in [-0.15, -0.1) is 0 Å². The minimum absolute atomic E-state index is 1.17. The second-order valence-corrected chi connectivity index (χ2v) is 9.14. The van der Waals surface area contributed by atoms with E-state index in [9.17, 15) is 0 Å². The third-order valence-corrected chi connectivity index (χ3v) is 6.90. The number of rotatable bonds is 5. The van der Waals surface area contributed by atoms with Crippen LogP contribution in [-0.4, -0.2) is 20.4 Å². The van der Waals surface area contributed by atoms with E-state index in [2.05, 4.69) is 99.2 Å². The Morgan fingerprint density at radius 1 is 0.889 bits per heavy atom. The van der Waals surface area contributed by atoms with Gasteiger partial charge in [0.25, 0.3) is 0 Å². The number of hydrogen-bond donors (Lipinski definition) is 1. The molecular formula is C22H28N3S2+. The molecule has 0 fully saturated rings. The average Bonchev–Trinajstić information content (AvgIpc) is 2.96. The van der Waals surface area contributed by atoms with Crippen molar-refractivity contribution in [3.05, 3.63) is 58.7 Å². The Hall–Kier alpha value is -1.98. The lowest BCUT2D eigenvalue weighted by atomic mass is 10.1. The van der Waals surface area contributed by atoms with E-state index < -0.39 is 0 Å². The fourth-order valence-electron chi connectivity index (χ4n) is 3.46. The number of aryl methyl sites for hydroxylation is 4. The standard InChI is InChI=1S/C22H28N3S2/c1-14-10-8-11-15(2)18(14)23-20-21(24(5)6)25(22(26-7)27-20)19-16(3)12-9-13-17(19)4/h8-13,23H,1-7H3/q+1. The molecule has 27 heavy (non-hydrogen) atoms. The van der Waals surface area contributed by atoms with E-state index >= 15 is 0 Å². The molecule has 3 aromatic rings. The molecule has 0 amide bonds. The zero-order chi connectivity index (χ0) is 19.7. The predicted molar refractivity (Wildman–Crippen MR) is 121 cm³/mol. The summed E-state index contributed by atoms with van der Waals surface area (Å²) in [6.45, 7) is 8.70. The fraction of sp³-hybridized carbons (Fsp3) is 0.318. The summed E-state index contributed by atoms with van der Waals surface area (Å²) >= 11 is 3.61. The predicted octanol–water partition coefficient (Wildman–Crippen LogP) is 5.79. The third kappa shape index (κ3) is 3.71. The summed E-state index contributed by atoms with van der Waals surface area (Å²) in [6, 6.07) is 12.9. The molecule has 142 valence electrons. The van der Waals surface area contributed by atoms with Crippen LogP contribution in [0.5, 0.6) is 0 Å². The zero-order valence-corrected chi connectivity index (χ0v) is 18.8. The summed E-state index contributed by atoms with van der Waals surface area (Å²) in [5, 5.41) is 4.91. The zero-order valence-electron chi connectivity index (χ0n) is 17.2. The first-order valence-corrected chi connectivity index (χ1v) is 11.1. The Bertz CT molecular complexity index is 933. The molecule has 0 saturated heterocycles. The monoisotopic (exact) mass is 398 g/mol. The lowest BCUT2D eigenvalue weighted by Crippen LogP contribution is -2.38. The van der Waals surface area contributed by atoms with Gasteiger partial charge in [-0.1, -0.05) is 59.5 Å². The smallest absolute Gasteiger partial charge is 0.317 e. The van der Waals surface area contributed by atoms with Crippen LogP contribution in [0.15, 0.2) is 40.7 Å². The van der Waals surface area contributed by atoms with Crippen molar-refractivity contribution in [2.45, 2.75) is 32.0 Å². The van der Waals surface area contributed by atoms with Gasteiger partial charge in [0.05, 0.1) is 14.1 Å². The maximum atomic E-state index is 3.74. The highest BCUT2D eigenvalue weighted by Crippen LogP contribution is 2.39. The quantitative estimate of drug-likeness (QED) is 0.434. The first-order chi connectivity index (χ1) is 12.8. The van der Waals surface area contributed by atoms with Crippen LogP contribution in [0.3, 0.4) is 0 Å². The maximum absolute atomic E-state index is 3.74. The topological polar surface area (TPSA) is 19.1 Å². The van der Waals surface area contributed by atoms with E-state index in [0.717, 1.165) is 0 Å². The highest BCUT2D eigenvalue weighted by molar-refractivity contribution is 8.00. The third-order valence-electron chi connectivity index (χ3n) is 4.77. The van der Waals surface area contributed by atoms with Crippen molar-refractivity contribution in [2.75, 3.05) is 30.6 Å². The summed E-state index contributed by atoms with van der Waals surface area (Å²) < 4.78 is 3.67. The van der Waals surface area contributed by atoms with Crippen molar-refractivity contribution in [3.63, 3.8) is 0 Å². The van der Waals surface area contributed by atoms with Gasteiger partial charge in [0.2, 0.25) is 4.34 Å². The Morgan fingerprint density at radius 3 is 1.89 bits per heavy atom. The summed E-state index contributed by atoms with van der Waals surface area (Å²) in [6.07, 6.45) is 2.15. The average molecular weight is 399 g/mol. The number of nitrogens with zero attached hydrogens (tertiary/aromatic N) is 2. The van der Waals surface area contributed by atoms with Gasteiger partial charge in [-0.05, 0) is 56.2 Å². The van der Waals surface area contributed by atoms with Crippen molar-refractivity contribution in [1.82, 2.24) is 0 Å². The number of benzene rings is 2. The number of hydrogen-bond acceptors (Lipinski definition) is 4. The Morgan fingerprint density at radius 2 is 1.41 bits per heavy atom. The molecule has 2 aromatic carbocycles. The summed E-state index contributed by atoms with van der Waals surface area (Å²) in [7, 11) is 4.23. The highest BCUT2D eigenvalue weighted by Gasteiger charge is 2.30. The first-order valence-electron chi connectivity index (χ1n) is 9.05. The maximum Gasteiger partial charge on any atom is 0.317 e. The number of nitrogens with one attached hydrogen (secondary N) is 1. The molecular weight excluding hydrogens is 370 g/mol. The fourth-order valence-corrected chi connectivity index (χ4v) is 5.37. The van der Waals surface area contributed by atoms with E-state index in [1.54, 1.807) is 11.8 Å². The molecule has 5 heteroatoms. The molecule has 0 bridgehead atoms. The van der Waals surface area contributed by atoms with Crippen molar-refractivity contribution in [3.8, 4) is 5.69 Å². The SMILES string of the molecule is CSc1sc(Nc2c(C)cccc2C)c(N(C)C)[n+]1-c1c(C)cccc1C. The van der Waals surface area contributed by atoms with Crippen LogP contribution in [0.4, 0.5) is 16.5 Å². The molecule has 0 aliphatic carbocycles. The van der Waals surface area contributed by atoms with Gasteiger partial charge in [-0.2, -0.15) is 4.57 Å². The molecule has 0 atom stereocenters. The first kappa shape index (κ1) is 19.8. The van der Waals surface area contributed by atoms with Gasteiger partial charge in [-0.3, -0.25) is 4.90 Å². The Balaban J connectivity index is 2.25. The van der Waals surface area contributed by atoms with Crippen molar-refractivity contribution < 1.29 is 4.57 Å². The van der Waals surface area contributed by atoms with Gasteiger partial charge in [0, 0.05) is 5.69 Å². The van der Waals surface area contributed by atoms with Crippen LogP contribution in [0.25, 0.3) is 5.69 Å². The Kier molecular flexibility index (Phi) is 5.82.